The van der Waals surface area contributed by atoms with Gasteiger partial charge in [-0.1, -0.05) is 0 Å². The largest absolute Gasteiger partial charge is 0.481 e. The molecule has 0 bridgehead atoms. The summed E-state index contributed by atoms with van der Waals surface area (Å²) in [6.45, 7) is 4.47. The molecule has 3 N–H and O–H groups in total. The zero-order chi connectivity index (χ0) is 13.8. The molecule has 0 radical (unpaired) electrons. The molecule has 0 aromatic carbocycles. The fourth-order valence-corrected chi connectivity index (χ4v) is 1.80. The summed E-state index contributed by atoms with van der Waals surface area (Å²) in [6.07, 6.45) is 1.78. The van der Waals surface area contributed by atoms with Gasteiger partial charge in [-0.2, -0.15) is 0 Å². The fraction of sp³-hybridized carbons (Fsp3) is 0.833. The van der Waals surface area contributed by atoms with Crippen LogP contribution in [0.4, 0.5) is 4.79 Å². The lowest BCUT2D eigenvalue weighted by Gasteiger charge is -2.27. The fourth-order valence-electron chi connectivity index (χ4n) is 1.80. The molecule has 1 fully saturated rings. The molecule has 1 aliphatic carbocycles. The van der Waals surface area contributed by atoms with E-state index in [0.717, 1.165) is 0 Å². The summed E-state index contributed by atoms with van der Waals surface area (Å²) in [5.74, 6) is -0.839. The number of carbonyl (C=O) groups excluding carboxylic acids is 1. The van der Waals surface area contributed by atoms with Gasteiger partial charge in [0, 0.05) is 25.7 Å². The van der Waals surface area contributed by atoms with Crippen molar-refractivity contribution in [3.8, 4) is 0 Å². The Morgan fingerprint density at radius 1 is 1.39 bits per heavy atom. The van der Waals surface area contributed by atoms with Crippen LogP contribution in [0.3, 0.4) is 0 Å². The molecule has 0 atom stereocenters. The zero-order valence-electron chi connectivity index (χ0n) is 11.0. The number of aliphatic hydroxyl groups excluding tert-OH is 1. The predicted molar refractivity (Wildman–Crippen MR) is 66.2 cm³/mol. The second kappa shape index (κ2) is 6.04. The third-order valence-electron chi connectivity index (χ3n) is 3.33. The maximum Gasteiger partial charge on any atom is 0.317 e. The maximum atomic E-state index is 11.9. The smallest absolute Gasteiger partial charge is 0.317 e. The van der Waals surface area contributed by atoms with Crippen molar-refractivity contribution in [3.63, 3.8) is 0 Å². The minimum atomic E-state index is -0.839. The predicted octanol–water partition coefficient (Wildman–Crippen LogP) is 0.654. The van der Waals surface area contributed by atoms with Gasteiger partial charge in [0.05, 0.1) is 5.41 Å². The number of hydrogen-bond donors (Lipinski definition) is 3. The molecule has 0 spiro atoms. The van der Waals surface area contributed by atoms with Crippen LogP contribution in [0.1, 0.15) is 33.1 Å². The van der Waals surface area contributed by atoms with Crippen molar-refractivity contribution in [2.45, 2.75) is 39.2 Å². The summed E-state index contributed by atoms with van der Waals surface area (Å²) in [4.78, 5) is 24.5. The van der Waals surface area contributed by atoms with Gasteiger partial charge in [-0.25, -0.2) is 4.79 Å². The van der Waals surface area contributed by atoms with Gasteiger partial charge < -0.3 is 20.4 Å². The number of carboxylic acids is 1. The molecule has 2 amide bonds. The third-order valence-corrected chi connectivity index (χ3v) is 3.33. The first-order chi connectivity index (χ1) is 8.43. The lowest BCUT2D eigenvalue weighted by Crippen LogP contribution is -2.47. The molecule has 18 heavy (non-hydrogen) atoms. The van der Waals surface area contributed by atoms with Gasteiger partial charge >= 0.3 is 12.0 Å². The van der Waals surface area contributed by atoms with Crippen molar-refractivity contribution in [2.24, 2.45) is 5.41 Å². The molecule has 0 aliphatic heterocycles. The lowest BCUT2D eigenvalue weighted by molar-refractivity contribution is -0.143. The van der Waals surface area contributed by atoms with Crippen LogP contribution in [0, 0.1) is 5.41 Å². The average molecular weight is 258 g/mol. The minimum absolute atomic E-state index is 0.0246. The monoisotopic (exact) mass is 258 g/mol. The van der Waals surface area contributed by atoms with Crippen LogP contribution in [0.25, 0.3) is 0 Å². The van der Waals surface area contributed by atoms with Crippen molar-refractivity contribution in [3.05, 3.63) is 0 Å². The third kappa shape index (κ3) is 3.60. The number of amides is 2. The molecule has 0 aromatic rings. The topological polar surface area (TPSA) is 89.9 Å². The molecule has 1 rings (SSSR count). The highest BCUT2D eigenvalue weighted by Crippen LogP contribution is 2.45. The molecule has 6 nitrogen and oxygen atoms in total. The molecule has 1 saturated carbocycles. The van der Waals surface area contributed by atoms with E-state index in [9.17, 15) is 9.59 Å². The number of carbonyl (C=O) groups is 2. The summed E-state index contributed by atoms with van der Waals surface area (Å²) >= 11 is 0. The highest BCUT2D eigenvalue weighted by atomic mass is 16.4. The summed E-state index contributed by atoms with van der Waals surface area (Å²) in [6, 6.07) is -0.234. The maximum absolute atomic E-state index is 11.9. The van der Waals surface area contributed by atoms with Crippen molar-refractivity contribution in [1.29, 1.82) is 0 Å². The van der Waals surface area contributed by atoms with E-state index in [4.69, 9.17) is 10.2 Å². The average Bonchev–Trinajstić information content (AvgIpc) is 3.07. The van der Waals surface area contributed by atoms with E-state index < -0.39 is 11.4 Å². The van der Waals surface area contributed by atoms with Gasteiger partial charge in [0.25, 0.3) is 0 Å². The summed E-state index contributed by atoms with van der Waals surface area (Å²) in [5.41, 5.74) is -0.741. The van der Waals surface area contributed by atoms with Crippen LogP contribution in [-0.2, 0) is 4.79 Å². The van der Waals surface area contributed by atoms with E-state index in [1.807, 2.05) is 13.8 Å². The molecule has 0 saturated heterocycles. The Labute approximate surface area is 107 Å². The van der Waals surface area contributed by atoms with E-state index in [2.05, 4.69) is 5.32 Å². The molecule has 0 heterocycles. The van der Waals surface area contributed by atoms with Gasteiger partial charge in [-0.05, 0) is 33.1 Å². The number of carboxylic acid groups (broad SMARTS) is 1. The summed E-state index contributed by atoms with van der Waals surface area (Å²) < 4.78 is 0. The quantitative estimate of drug-likeness (QED) is 0.625. The van der Waals surface area contributed by atoms with Crippen molar-refractivity contribution >= 4 is 12.0 Å². The molecule has 0 aromatic heterocycles. The van der Waals surface area contributed by atoms with Crippen LogP contribution in [0.2, 0.25) is 0 Å². The van der Waals surface area contributed by atoms with Crippen LogP contribution < -0.4 is 5.32 Å². The van der Waals surface area contributed by atoms with Gasteiger partial charge in [-0.15, -0.1) is 0 Å². The first-order valence-corrected chi connectivity index (χ1v) is 6.32. The first kappa shape index (κ1) is 14.8. The van der Waals surface area contributed by atoms with Crippen LogP contribution in [0.5, 0.6) is 0 Å². The van der Waals surface area contributed by atoms with E-state index in [-0.39, 0.29) is 25.2 Å². The van der Waals surface area contributed by atoms with E-state index in [0.29, 0.717) is 25.8 Å². The van der Waals surface area contributed by atoms with Crippen LogP contribution in [-0.4, -0.2) is 52.9 Å². The Morgan fingerprint density at radius 2 is 2.00 bits per heavy atom. The Balaban J connectivity index is 2.44. The van der Waals surface area contributed by atoms with E-state index >= 15 is 0 Å². The highest BCUT2D eigenvalue weighted by Gasteiger charge is 2.50. The van der Waals surface area contributed by atoms with Gasteiger partial charge in [0.2, 0.25) is 0 Å². The number of aliphatic hydroxyl groups is 1. The Morgan fingerprint density at radius 3 is 2.39 bits per heavy atom. The summed E-state index contributed by atoms with van der Waals surface area (Å²) in [5, 5.41) is 20.5. The number of urea groups is 1. The second-order valence-corrected chi connectivity index (χ2v) is 5.11. The van der Waals surface area contributed by atoms with Crippen molar-refractivity contribution in [2.75, 3.05) is 19.7 Å². The molecular weight excluding hydrogens is 236 g/mol. The molecule has 104 valence electrons. The van der Waals surface area contributed by atoms with E-state index in [1.54, 1.807) is 4.90 Å². The van der Waals surface area contributed by atoms with Crippen molar-refractivity contribution in [1.82, 2.24) is 10.2 Å². The molecule has 0 unspecified atom stereocenters. The summed E-state index contributed by atoms with van der Waals surface area (Å²) in [7, 11) is 0. The Kier molecular flexibility index (Phi) is 4.95. The van der Waals surface area contributed by atoms with E-state index in [1.165, 1.54) is 0 Å². The Hall–Kier alpha value is -1.30. The minimum Gasteiger partial charge on any atom is -0.481 e. The second-order valence-electron chi connectivity index (χ2n) is 5.11. The lowest BCUT2D eigenvalue weighted by atomic mass is 10.1. The number of rotatable bonds is 7. The van der Waals surface area contributed by atoms with Crippen LogP contribution >= 0.6 is 0 Å². The zero-order valence-corrected chi connectivity index (χ0v) is 11.0. The number of nitrogens with zero attached hydrogens (tertiary/aromatic N) is 1. The highest BCUT2D eigenvalue weighted by molar-refractivity contribution is 5.80. The number of hydrogen-bond acceptors (Lipinski definition) is 3. The first-order valence-electron chi connectivity index (χ1n) is 6.32. The number of nitrogens with one attached hydrogen (secondary N) is 1. The van der Waals surface area contributed by atoms with Gasteiger partial charge in [-0.3, -0.25) is 4.79 Å². The number of aliphatic carboxylic acids is 1. The normalized spacial score (nSPS) is 16.4. The van der Waals surface area contributed by atoms with Crippen molar-refractivity contribution < 1.29 is 19.8 Å². The van der Waals surface area contributed by atoms with Gasteiger partial charge in [0.15, 0.2) is 0 Å². The van der Waals surface area contributed by atoms with Gasteiger partial charge in [0.1, 0.15) is 0 Å². The SMILES string of the molecule is CC(C)N(CCCO)C(=O)NCC1(C(=O)O)CC1. The van der Waals surface area contributed by atoms with Crippen LogP contribution in [0.15, 0.2) is 0 Å². The molecule has 1 aliphatic rings. The molecule has 6 heteroatoms. The Bertz CT molecular complexity index is 313. The standard InChI is InChI=1S/C12H22N2O4/c1-9(2)14(6-3-7-15)11(18)13-8-12(4-5-12)10(16)17/h9,15H,3-8H2,1-2H3,(H,13,18)(H,16,17). The molecular formula is C12H22N2O4.